The number of nitrogens with zero attached hydrogens (tertiary/aromatic N) is 1. The largest absolute Gasteiger partial charge is 0.497 e. The molecule has 1 aromatic heterocycles. The van der Waals surface area contributed by atoms with Crippen LogP contribution in [0.15, 0.2) is 59.1 Å². The van der Waals surface area contributed by atoms with E-state index in [9.17, 15) is 4.79 Å². The Bertz CT molecular complexity index is 837. The number of esters is 1. The quantitative estimate of drug-likeness (QED) is 0.500. The summed E-state index contributed by atoms with van der Waals surface area (Å²) in [5.74, 6) is 1.73. The van der Waals surface area contributed by atoms with Crippen LogP contribution >= 0.6 is 0 Å². The van der Waals surface area contributed by atoms with E-state index in [0.29, 0.717) is 23.9 Å². The van der Waals surface area contributed by atoms with Crippen molar-refractivity contribution < 1.29 is 23.5 Å². The second kappa shape index (κ2) is 7.53. The highest BCUT2D eigenvalue weighted by Gasteiger charge is 2.16. The maximum absolute atomic E-state index is 12.2. The molecule has 0 amide bonds. The molecule has 2 aromatic carbocycles. The lowest BCUT2D eigenvalue weighted by molar-refractivity contribution is 0.0724. The van der Waals surface area contributed by atoms with E-state index < -0.39 is 5.97 Å². The zero-order valence-electron chi connectivity index (χ0n) is 13.9. The van der Waals surface area contributed by atoms with Crippen molar-refractivity contribution in [3.63, 3.8) is 0 Å². The van der Waals surface area contributed by atoms with E-state index in [1.807, 2.05) is 31.2 Å². The number of carbonyl (C=O) groups excluding carboxylic acids is 1. The molecule has 0 unspecified atom stereocenters. The highest BCUT2D eigenvalue weighted by molar-refractivity contribution is 5.90. The molecule has 0 bridgehead atoms. The summed E-state index contributed by atoms with van der Waals surface area (Å²) in [6.45, 7) is 2.52. The molecular formula is C19H17NO5. The molecule has 0 saturated heterocycles. The average molecular weight is 339 g/mol. The number of ether oxygens (including phenoxy) is 3. The van der Waals surface area contributed by atoms with Crippen LogP contribution in [0, 0.1) is 0 Å². The Labute approximate surface area is 144 Å². The van der Waals surface area contributed by atoms with E-state index in [0.717, 1.165) is 11.3 Å². The predicted molar refractivity (Wildman–Crippen MR) is 91.1 cm³/mol. The summed E-state index contributed by atoms with van der Waals surface area (Å²) in [5.41, 5.74) is 0.888. The van der Waals surface area contributed by atoms with Gasteiger partial charge in [-0.25, -0.2) is 4.79 Å². The van der Waals surface area contributed by atoms with Gasteiger partial charge in [0, 0.05) is 11.6 Å². The van der Waals surface area contributed by atoms with Crippen molar-refractivity contribution in [2.24, 2.45) is 0 Å². The van der Waals surface area contributed by atoms with Gasteiger partial charge >= 0.3 is 5.97 Å². The van der Waals surface area contributed by atoms with Crippen LogP contribution in [0.3, 0.4) is 0 Å². The molecule has 3 rings (SSSR count). The lowest BCUT2D eigenvalue weighted by Crippen LogP contribution is -2.08. The molecule has 128 valence electrons. The minimum Gasteiger partial charge on any atom is -0.497 e. The first-order valence-corrected chi connectivity index (χ1v) is 7.76. The van der Waals surface area contributed by atoms with Crippen molar-refractivity contribution >= 4 is 5.97 Å². The summed E-state index contributed by atoms with van der Waals surface area (Å²) in [4.78, 5) is 12.2. The number of aromatic nitrogens is 1. The zero-order chi connectivity index (χ0) is 17.6. The molecular weight excluding hydrogens is 322 g/mol. The van der Waals surface area contributed by atoms with Gasteiger partial charge in [-0.15, -0.1) is 0 Å². The first-order chi connectivity index (χ1) is 12.2. The third kappa shape index (κ3) is 3.98. The molecule has 0 radical (unpaired) electrons. The Hall–Kier alpha value is -3.28. The number of benzene rings is 2. The molecule has 0 atom stereocenters. The second-order valence-electron chi connectivity index (χ2n) is 5.10. The van der Waals surface area contributed by atoms with Crippen LogP contribution in [0.2, 0.25) is 0 Å². The van der Waals surface area contributed by atoms with Gasteiger partial charge in [0.2, 0.25) is 0 Å². The Morgan fingerprint density at radius 2 is 1.64 bits per heavy atom. The van der Waals surface area contributed by atoms with Crippen LogP contribution < -0.4 is 14.2 Å². The van der Waals surface area contributed by atoms with Crippen LogP contribution in [-0.2, 0) is 0 Å². The second-order valence-corrected chi connectivity index (χ2v) is 5.10. The number of rotatable bonds is 6. The number of hydrogen-bond acceptors (Lipinski definition) is 6. The minimum absolute atomic E-state index is 0.0969. The lowest BCUT2D eigenvalue weighted by atomic mass is 10.1. The molecule has 0 aliphatic rings. The topological polar surface area (TPSA) is 70.8 Å². The first kappa shape index (κ1) is 16.6. The smallest absolute Gasteiger partial charge is 0.365 e. The van der Waals surface area contributed by atoms with Crippen molar-refractivity contribution in [2.45, 2.75) is 6.92 Å². The predicted octanol–water partition coefficient (Wildman–Crippen LogP) is 3.97. The molecule has 6 nitrogen and oxygen atoms in total. The highest BCUT2D eigenvalue weighted by Crippen LogP contribution is 2.24. The van der Waals surface area contributed by atoms with Crippen LogP contribution in [0.25, 0.3) is 11.3 Å². The first-order valence-electron chi connectivity index (χ1n) is 7.76. The van der Waals surface area contributed by atoms with E-state index in [1.54, 1.807) is 37.4 Å². The molecule has 1 heterocycles. The van der Waals surface area contributed by atoms with E-state index in [2.05, 4.69) is 5.16 Å². The molecule has 0 spiro atoms. The summed E-state index contributed by atoms with van der Waals surface area (Å²) in [5, 5.41) is 3.78. The zero-order valence-corrected chi connectivity index (χ0v) is 13.9. The summed E-state index contributed by atoms with van der Waals surface area (Å²) >= 11 is 0. The monoisotopic (exact) mass is 339 g/mol. The Balaban J connectivity index is 1.70. The standard InChI is InChI=1S/C19H17NO5/c1-3-23-15-6-4-13(5-7-15)18-12-17(20-25-18)19(21)24-16-10-8-14(22-2)9-11-16/h4-12H,3H2,1-2H3. The summed E-state index contributed by atoms with van der Waals surface area (Å²) in [7, 11) is 1.57. The van der Waals surface area contributed by atoms with Crippen LogP contribution in [0.4, 0.5) is 0 Å². The normalized spacial score (nSPS) is 10.3. The van der Waals surface area contributed by atoms with Gasteiger partial charge < -0.3 is 18.7 Å². The van der Waals surface area contributed by atoms with Crippen molar-refractivity contribution in [3.05, 3.63) is 60.3 Å². The van der Waals surface area contributed by atoms with Crippen molar-refractivity contribution in [1.29, 1.82) is 0 Å². The van der Waals surface area contributed by atoms with Gasteiger partial charge in [0.1, 0.15) is 17.2 Å². The fourth-order valence-electron chi connectivity index (χ4n) is 2.19. The number of carbonyl (C=O) groups is 1. The third-order valence-electron chi connectivity index (χ3n) is 3.44. The summed E-state index contributed by atoms with van der Waals surface area (Å²) < 4.78 is 20.9. The van der Waals surface area contributed by atoms with Crippen molar-refractivity contribution in [1.82, 2.24) is 5.16 Å². The van der Waals surface area contributed by atoms with E-state index in [-0.39, 0.29) is 5.69 Å². The van der Waals surface area contributed by atoms with Crippen LogP contribution in [0.1, 0.15) is 17.4 Å². The number of methoxy groups -OCH3 is 1. The molecule has 3 aromatic rings. The van der Waals surface area contributed by atoms with Crippen molar-refractivity contribution in [3.8, 4) is 28.6 Å². The fourth-order valence-corrected chi connectivity index (χ4v) is 2.19. The molecule has 25 heavy (non-hydrogen) atoms. The van der Waals surface area contributed by atoms with Gasteiger partial charge in [0.25, 0.3) is 0 Å². The summed E-state index contributed by atoms with van der Waals surface area (Å²) in [6.07, 6.45) is 0. The van der Waals surface area contributed by atoms with E-state index >= 15 is 0 Å². The van der Waals surface area contributed by atoms with Crippen molar-refractivity contribution in [2.75, 3.05) is 13.7 Å². The van der Waals surface area contributed by atoms with Gasteiger partial charge in [-0.05, 0) is 55.5 Å². The molecule has 0 saturated carbocycles. The Morgan fingerprint density at radius 3 is 2.28 bits per heavy atom. The molecule has 0 aliphatic heterocycles. The van der Waals surface area contributed by atoms with Gasteiger partial charge in [-0.1, -0.05) is 5.16 Å². The minimum atomic E-state index is -0.592. The highest BCUT2D eigenvalue weighted by atomic mass is 16.5. The van der Waals surface area contributed by atoms with E-state index in [1.165, 1.54) is 0 Å². The van der Waals surface area contributed by atoms with Gasteiger partial charge in [-0.3, -0.25) is 0 Å². The Kier molecular flexibility index (Phi) is 4.99. The SMILES string of the molecule is CCOc1ccc(-c2cc(C(=O)Oc3ccc(OC)cc3)no2)cc1. The maximum Gasteiger partial charge on any atom is 0.365 e. The molecule has 0 fully saturated rings. The van der Waals surface area contributed by atoms with Gasteiger partial charge in [0.05, 0.1) is 13.7 Å². The van der Waals surface area contributed by atoms with Crippen LogP contribution in [0.5, 0.6) is 17.2 Å². The fraction of sp³-hybridized carbons (Fsp3) is 0.158. The van der Waals surface area contributed by atoms with Gasteiger partial charge in [0.15, 0.2) is 11.5 Å². The van der Waals surface area contributed by atoms with Crippen LogP contribution in [-0.4, -0.2) is 24.8 Å². The Morgan fingerprint density at radius 1 is 1.00 bits per heavy atom. The molecule has 0 aliphatic carbocycles. The van der Waals surface area contributed by atoms with E-state index in [4.69, 9.17) is 18.7 Å². The maximum atomic E-state index is 12.2. The molecule has 0 N–H and O–H groups in total. The molecule has 6 heteroatoms. The average Bonchev–Trinajstić information content (AvgIpc) is 3.13. The third-order valence-corrected chi connectivity index (χ3v) is 3.44. The lowest BCUT2D eigenvalue weighted by Gasteiger charge is -2.03. The summed E-state index contributed by atoms with van der Waals surface area (Å²) in [6, 6.07) is 15.6. The van der Waals surface area contributed by atoms with Gasteiger partial charge in [-0.2, -0.15) is 0 Å². The number of hydrogen-bond donors (Lipinski definition) is 0.